The highest BCUT2D eigenvalue weighted by Crippen LogP contribution is 1.97. The minimum atomic E-state index is 0.352. The molecule has 1 rings (SSSR count). The van der Waals surface area contributed by atoms with Crippen LogP contribution in [0.1, 0.15) is 44.3 Å². The van der Waals surface area contributed by atoms with Crippen LogP contribution in [0, 0.1) is 6.92 Å². The summed E-state index contributed by atoms with van der Waals surface area (Å²) in [6.07, 6.45) is 4.84. The summed E-state index contributed by atoms with van der Waals surface area (Å²) in [6, 6.07) is 0. The summed E-state index contributed by atoms with van der Waals surface area (Å²) in [4.78, 5) is 8.16. The first-order chi connectivity index (χ1) is 8.22. The van der Waals surface area contributed by atoms with E-state index in [4.69, 9.17) is 10.3 Å². The molecule has 1 aromatic heterocycles. The molecule has 0 unspecified atom stereocenters. The molecule has 0 aromatic carbocycles. The SMILES string of the molecule is CCCCCCNC(N)=NCc1noc(C)n1. The van der Waals surface area contributed by atoms with Crippen molar-refractivity contribution in [2.24, 2.45) is 10.7 Å². The number of nitrogens with zero attached hydrogens (tertiary/aromatic N) is 3. The third-order valence-electron chi connectivity index (χ3n) is 2.30. The Morgan fingerprint density at radius 3 is 2.88 bits per heavy atom. The lowest BCUT2D eigenvalue weighted by Gasteiger charge is -2.04. The molecule has 6 heteroatoms. The maximum absolute atomic E-state index is 5.70. The standard InChI is InChI=1S/C11H21N5O/c1-3-4-5-6-7-13-11(12)14-8-10-15-9(2)17-16-10/h3-8H2,1-2H3,(H3,12,13,14). The highest BCUT2D eigenvalue weighted by Gasteiger charge is 2.00. The molecule has 0 aliphatic carbocycles. The van der Waals surface area contributed by atoms with Gasteiger partial charge in [0.2, 0.25) is 5.89 Å². The highest BCUT2D eigenvalue weighted by molar-refractivity contribution is 5.77. The molecule has 1 aromatic rings. The summed E-state index contributed by atoms with van der Waals surface area (Å²) in [5.74, 6) is 1.53. The molecule has 1 heterocycles. The van der Waals surface area contributed by atoms with E-state index in [0.717, 1.165) is 13.0 Å². The fourth-order valence-electron chi connectivity index (χ4n) is 1.39. The second-order valence-corrected chi connectivity index (χ2v) is 3.92. The molecule has 0 bridgehead atoms. The molecular formula is C11H21N5O. The second kappa shape index (κ2) is 7.65. The number of aromatic nitrogens is 2. The van der Waals surface area contributed by atoms with Gasteiger partial charge in [-0.2, -0.15) is 4.98 Å². The maximum Gasteiger partial charge on any atom is 0.223 e. The van der Waals surface area contributed by atoms with Gasteiger partial charge in [-0.1, -0.05) is 31.3 Å². The molecule has 0 saturated heterocycles. The van der Waals surface area contributed by atoms with Gasteiger partial charge < -0.3 is 15.6 Å². The van der Waals surface area contributed by atoms with E-state index in [1.165, 1.54) is 19.3 Å². The van der Waals surface area contributed by atoms with Crippen LogP contribution in [0.5, 0.6) is 0 Å². The molecule has 0 saturated carbocycles. The van der Waals surface area contributed by atoms with E-state index >= 15 is 0 Å². The number of nitrogens with one attached hydrogen (secondary N) is 1. The Balaban J connectivity index is 2.16. The molecule has 6 nitrogen and oxygen atoms in total. The van der Waals surface area contributed by atoms with Gasteiger partial charge in [0.15, 0.2) is 11.8 Å². The van der Waals surface area contributed by atoms with E-state index in [2.05, 4.69) is 27.4 Å². The summed E-state index contributed by atoms with van der Waals surface area (Å²) in [5.41, 5.74) is 5.70. The lowest BCUT2D eigenvalue weighted by Crippen LogP contribution is -2.32. The van der Waals surface area contributed by atoms with Crippen molar-refractivity contribution in [2.75, 3.05) is 6.54 Å². The third kappa shape index (κ3) is 5.89. The number of unbranched alkanes of at least 4 members (excludes halogenated alkanes) is 3. The van der Waals surface area contributed by atoms with Gasteiger partial charge in [0.25, 0.3) is 0 Å². The molecule has 0 radical (unpaired) electrons. The van der Waals surface area contributed by atoms with Crippen molar-refractivity contribution >= 4 is 5.96 Å². The summed E-state index contributed by atoms with van der Waals surface area (Å²) in [6.45, 7) is 5.15. The molecule has 96 valence electrons. The number of rotatable bonds is 7. The van der Waals surface area contributed by atoms with Crippen LogP contribution in [-0.2, 0) is 6.54 Å². The van der Waals surface area contributed by atoms with Crippen LogP contribution in [0.25, 0.3) is 0 Å². The van der Waals surface area contributed by atoms with E-state index in [0.29, 0.717) is 24.2 Å². The Kier molecular flexibility index (Phi) is 6.06. The Labute approximate surface area is 102 Å². The first-order valence-electron chi connectivity index (χ1n) is 6.05. The zero-order chi connectivity index (χ0) is 12.5. The van der Waals surface area contributed by atoms with Crippen LogP contribution < -0.4 is 11.1 Å². The summed E-state index contributed by atoms with van der Waals surface area (Å²) >= 11 is 0. The Hall–Kier alpha value is -1.59. The topological polar surface area (TPSA) is 89.3 Å². The molecule has 0 fully saturated rings. The van der Waals surface area contributed by atoms with E-state index in [1.54, 1.807) is 6.92 Å². The Morgan fingerprint density at radius 2 is 2.24 bits per heavy atom. The molecule has 0 aliphatic rings. The lowest BCUT2D eigenvalue weighted by atomic mass is 10.2. The predicted molar refractivity (Wildman–Crippen MR) is 66.5 cm³/mol. The first kappa shape index (κ1) is 13.5. The Bertz CT molecular complexity index is 347. The molecule has 0 aliphatic heterocycles. The number of aliphatic imine (C=N–C) groups is 1. The third-order valence-corrected chi connectivity index (χ3v) is 2.30. The first-order valence-corrected chi connectivity index (χ1v) is 6.05. The minimum absolute atomic E-state index is 0.352. The number of nitrogens with two attached hydrogens (primary N) is 1. The van der Waals surface area contributed by atoms with Gasteiger partial charge in [-0.3, -0.25) is 0 Å². The smallest absolute Gasteiger partial charge is 0.223 e. The number of aryl methyl sites for hydroxylation is 1. The van der Waals surface area contributed by atoms with Gasteiger partial charge in [0.1, 0.15) is 6.54 Å². The quantitative estimate of drug-likeness (QED) is 0.426. The maximum atomic E-state index is 5.70. The number of hydrogen-bond acceptors (Lipinski definition) is 4. The summed E-state index contributed by atoms with van der Waals surface area (Å²) in [7, 11) is 0. The average molecular weight is 239 g/mol. The van der Waals surface area contributed by atoms with Gasteiger partial charge in [-0.05, 0) is 6.42 Å². The van der Waals surface area contributed by atoms with E-state index < -0.39 is 0 Å². The van der Waals surface area contributed by atoms with Crippen LogP contribution in [0.2, 0.25) is 0 Å². The van der Waals surface area contributed by atoms with E-state index in [1.807, 2.05) is 0 Å². The monoisotopic (exact) mass is 239 g/mol. The van der Waals surface area contributed by atoms with Crippen molar-refractivity contribution in [1.29, 1.82) is 0 Å². The van der Waals surface area contributed by atoms with Crippen molar-refractivity contribution in [3.05, 3.63) is 11.7 Å². The van der Waals surface area contributed by atoms with Crippen molar-refractivity contribution in [3.63, 3.8) is 0 Å². The molecule has 3 N–H and O–H groups in total. The van der Waals surface area contributed by atoms with Crippen LogP contribution in [-0.4, -0.2) is 22.6 Å². The van der Waals surface area contributed by atoms with E-state index in [-0.39, 0.29) is 0 Å². The predicted octanol–water partition coefficient (Wildman–Crippen LogP) is 1.36. The van der Waals surface area contributed by atoms with Gasteiger partial charge in [-0.25, -0.2) is 4.99 Å². The van der Waals surface area contributed by atoms with Crippen molar-refractivity contribution in [1.82, 2.24) is 15.5 Å². The zero-order valence-corrected chi connectivity index (χ0v) is 10.6. The summed E-state index contributed by atoms with van der Waals surface area (Å²) < 4.78 is 4.83. The highest BCUT2D eigenvalue weighted by atomic mass is 16.5. The molecular weight excluding hydrogens is 218 g/mol. The van der Waals surface area contributed by atoms with Crippen LogP contribution in [0.15, 0.2) is 9.52 Å². The Morgan fingerprint density at radius 1 is 1.41 bits per heavy atom. The number of guanidine groups is 1. The normalized spacial score (nSPS) is 11.8. The molecule has 0 amide bonds. The zero-order valence-electron chi connectivity index (χ0n) is 10.6. The van der Waals surface area contributed by atoms with Gasteiger partial charge in [0.05, 0.1) is 0 Å². The molecule has 17 heavy (non-hydrogen) atoms. The van der Waals surface area contributed by atoms with Crippen molar-refractivity contribution < 1.29 is 4.52 Å². The lowest BCUT2D eigenvalue weighted by molar-refractivity contribution is 0.387. The molecule has 0 atom stereocenters. The van der Waals surface area contributed by atoms with Crippen LogP contribution >= 0.6 is 0 Å². The van der Waals surface area contributed by atoms with E-state index in [9.17, 15) is 0 Å². The fourth-order valence-corrected chi connectivity index (χ4v) is 1.39. The van der Waals surface area contributed by atoms with Gasteiger partial charge in [0, 0.05) is 13.5 Å². The largest absolute Gasteiger partial charge is 0.370 e. The number of hydrogen-bond donors (Lipinski definition) is 2. The van der Waals surface area contributed by atoms with Gasteiger partial charge in [-0.15, -0.1) is 0 Å². The summed E-state index contributed by atoms with van der Waals surface area (Å²) in [5, 5.41) is 6.79. The van der Waals surface area contributed by atoms with Crippen LogP contribution in [0.3, 0.4) is 0 Å². The minimum Gasteiger partial charge on any atom is -0.370 e. The van der Waals surface area contributed by atoms with Crippen molar-refractivity contribution in [2.45, 2.75) is 46.1 Å². The average Bonchev–Trinajstić information content (AvgIpc) is 2.72. The van der Waals surface area contributed by atoms with Crippen LogP contribution in [0.4, 0.5) is 0 Å². The fraction of sp³-hybridized carbons (Fsp3) is 0.727. The van der Waals surface area contributed by atoms with Crippen molar-refractivity contribution in [3.8, 4) is 0 Å². The molecule has 0 spiro atoms. The second-order valence-electron chi connectivity index (χ2n) is 3.92. The van der Waals surface area contributed by atoms with Gasteiger partial charge >= 0.3 is 0 Å².